The van der Waals surface area contributed by atoms with E-state index in [4.69, 9.17) is 9.47 Å². The van der Waals surface area contributed by atoms with Crippen molar-refractivity contribution >= 4 is 34.2 Å². The highest BCUT2D eigenvalue weighted by molar-refractivity contribution is 7.15. The quantitative estimate of drug-likeness (QED) is 0.384. The fourth-order valence-corrected chi connectivity index (χ4v) is 5.28. The molecule has 1 aliphatic heterocycles. The van der Waals surface area contributed by atoms with E-state index in [1.165, 1.54) is 32.6 Å². The number of carbonyl (C=O) groups excluding carboxylic acids is 3. The van der Waals surface area contributed by atoms with Crippen LogP contribution < -0.4 is 25.4 Å². The lowest BCUT2D eigenvalue weighted by molar-refractivity contribution is -0.121. The van der Waals surface area contributed by atoms with Crippen molar-refractivity contribution in [1.82, 2.24) is 20.5 Å². The topological polar surface area (TPSA) is 122 Å². The van der Waals surface area contributed by atoms with Crippen molar-refractivity contribution in [2.75, 3.05) is 40.2 Å². The van der Waals surface area contributed by atoms with Crippen LogP contribution in [0.25, 0.3) is 0 Å². The number of methoxy groups -OCH3 is 2. The number of amides is 3. The summed E-state index contributed by atoms with van der Waals surface area (Å²) in [6.07, 6.45) is 0.849. The Morgan fingerprint density at radius 2 is 1.82 bits per heavy atom. The van der Waals surface area contributed by atoms with Gasteiger partial charge in [0.2, 0.25) is 5.91 Å². The molecule has 0 bridgehead atoms. The average molecular weight is 538 g/mol. The molecule has 3 N–H and O–H groups in total. The van der Waals surface area contributed by atoms with Crippen molar-refractivity contribution in [2.24, 2.45) is 0 Å². The van der Waals surface area contributed by atoms with Gasteiger partial charge in [0, 0.05) is 42.6 Å². The number of hydrogen-bond acceptors (Lipinski definition) is 8. The molecule has 0 saturated heterocycles. The molecule has 3 aromatic rings. The number of anilines is 1. The van der Waals surface area contributed by atoms with Crippen molar-refractivity contribution in [1.29, 1.82) is 0 Å². The normalized spacial score (nSPS) is 13.7. The highest BCUT2D eigenvalue weighted by atomic mass is 32.1. The first-order chi connectivity index (χ1) is 18.3. The summed E-state index contributed by atoms with van der Waals surface area (Å²) in [4.78, 5) is 46.4. The molecule has 1 aliphatic rings. The van der Waals surface area contributed by atoms with Gasteiger partial charge in [-0.25, -0.2) is 4.98 Å². The Hall–Kier alpha value is -3.96. The number of aromatic nitrogens is 1. The minimum Gasteiger partial charge on any atom is -0.493 e. The maximum atomic E-state index is 13.1. The molecule has 0 aliphatic carbocycles. The SMILES string of the molecule is CNC(=O)C[C@@H](NC(=O)c1ccc(OC)c(OC)c1)c1cccc(C(=O)Nc2nc3c(s2)CN(C)CC3)c1. The summed E-state index contributed by atoms with van der Waals surface area (Å²) in [6.45, 7) is 1.76. The van der Waals surface area contributed by atoms with Crippen LogP contribution in [-0.4, -0.2) is 62.5 Å². The molecular weight excluding hydrogens is 506 g/mol. The van der Waals surface area contributed by atoms with E-state index in [1.807, 2.05) is 0 Å². The molecule has 2 aromatic carbocycles. The van der Waals surface area contributed by atoms with Crippen molar-refractivity contribution in [3.8, 4) is 11.5 Å². The summed E-state index contributed by atoms with van der Waals surface area (Å²) in [5.74, 6) is -0.0463. The second-order valence-corrected chi connectivity index (χ2v) is 10.0. The van der Waals surface area contributed by atoms with Gasteiger partial charge in [0.25, 0.3) is 11.8 Å². The number of thiazole rings is 1. The van der Waals surface area contributed by atoms with Gasteiger partial charge in [-0.05, 0) is 42.9 Å². The summed E-state index contributed by atoms with van der Waals surface area (Å²) >= 11 is 1.48. The number of likely N-dealkylation sites (N-methyl/N-ethyl adjacent to an activating group) is 1. The number of fused-ring (bicyclic) bond motifs is 1. The maximum absolute atomic E-state index is 13.1. The van der Waals surface area contributed by atoms with E-state index in [9.17, 15) is 14.4 Å². The molecule has 0 spiro atoms. The minimum absolute atomic E-state index is 0.00663. The molecule has 10 nitrogen and oxygen atoms in total. The first-order valence-electron chi connectivity index (χ1n) is 12.1. The summed E-state index contributed by atoms with van der Waals surface area (Å²) in [5, 5.41) is 8.96. The fourth-order valence-electron chi connectivity index (χ4n) is 4.20. The third-order valence-electron chi connectivity index (χ3n) is 6.31. The van der Waals surface area contributed by atoms with Gasteiger partial charge in [-0.2, -0.15) is 0 Å². The van der Waals surface area contributed by atoms with Crippen LogP contribution >= 0.6 is 11.3 Å². The predicted octanol–water partition coefficient (Wildman–Crippen LogP) is 3.01. The van der Waals surface area contributed by atoms with Gasteiger partial charge >= 0.3 is 0 Å². The first-order valence-corrected chi connectivity index (χ1v) is 12.9. The Morgan fingerprint density at radius 1 is 1.05 bits per heavy atom. The van der Waals surface area contributed by atoms with E-state index >= 15 is 0 Å². The Balaban J connectivity index is 1.53. The van der Waals surface area contributed by atoms with Gasteiger partial charge in [0.15, 0.2) is 16.6 Å². The Bertz CT molecular complexity index is 1340. The van der Waals surface area contributed by atoms with Crippen LogP contribution in [0.3, 0.4) is 0 Å². The van der Waals surface area contributed by atoms with E-state index in [-0.39, 0.29) is 18.2 Å². The van der Waals surface area contributed by atoms with Crippen molar-refractivity contribution < 1.29 is 23.9 Å². The van der Waals surface area contributed by atoms with Crippen molar-refractivity contribution in [3.63, 3.8) is 0 Å². The molecule has 1 atom stereocenters. The molecule has 1 aromatic heterocycles. The van der Waals surface area contributed by atoms with Gasteiger partial charge in [-0.1, -0.05) is 12.1 Å². The third-order valence-corrected chi connectivity index (χ3v) is 7.31. The van der Waals surface area contributed by atoms with Gasteiger partial charge in [0.1, 0.15) is 0 Å². The summed E-state index contributed by atoms with van der Waals surface area (Å²) in [6, 6.07) is 11.0. The second kappa shape index (κ2) is 12.1. The molecular formula is C27H31N5O5S. The van der Waals surface area contributed by atoms with Crippen LogP contribution in [0.1, 0.15) is 49.3 Å². The molecule has 4 rings (SSSR count). The molecule has 11 heteroatoms. The Kier molecular flexibility index (Phi) is 8.59. The fraction of sp³-hybridized carbons (Fsp3) is 0.333. The number of carbonyl (C=O) groups is 3. The van der Waals surface area contributed by atoms with E-state index in [0.717, 1.165) is 30.1 Å². The Morgan fingerprint density at radius 3 is 2.55 bits per heavy atom. The first kappa shape index (κ1) is 27.1. The molecule has 0 unspecified atom stereocenters. The number of ether oxygens (including phenoxy) is 2. The maximum Gasteiger partial charge on any atom is 0.257 e. The lowest BCUT2D eigenvalue weighted by Crippen LogP contribution is -2.33. The lowest BCUT2D eigenvalue weighted by Gasteiger charge is -2.20. The molecule has 0 saturated carbocycles. The minimum atomic E-state index is -0.675. The van der Waals surface area contributed by atoms with E-state index in [1.54, 1.807) is 42.5 Å². The van der Waals surface area contributed by atoms with Gasteiger partial charge in [-0.15, -0.1) is 11.3 Å². The summed E-state index contributed by atoms with van der Waals surface area (Å²) in [5.41, 5.74) is 2.39. The van der Waals surface area contributed by atoms with Crippen molar-refractivity contribution in [3.05, 3.63) is 69.7 Å². The van der Waals surface area contributed by atoms with E-state index in [2.05, 4.69) is 32.9 Å². The second-order valence-electron chi connectivity index (χ2n) is 8.93. The molecule has 200 valence electrons. The molecule has 38 heavy (non-hydrogen) atoms. The highest BCUT2D eigenvalue weighted by Gasteiger charge is 2.22. The monoisotopic (exact) mass is 537 g/mol. The average Bonchev–Trinajstić information content (AvgIpc) is 3.33. The van der Waals surface area contributed by atoms with Crippen LogP contribution in [0, 0.1) is 0 Å². The van der Waals surface area contributed by atoms with Gasteiger partial charge in [-0.3, -0.25) is 19.7 Å². The smallest absolute Gasteiger partial charge is 0.257 e. The van der Waals surface area contributed by atoms with Crippen LogP contribution in [0.4, 0.5) is 5.13 Å². The highest BCUT2D eigenvalue weighted by Crippen LogP contribution is 2.29. The van der Waals surface area contributed by atoms with E-state index < -0.39 is 11.9 Å². The molecule has 0 fully saturated rings. The van der Waals surface area contributed by atoms with Crippen LogP contribution in [0.2, 0.25) is 0 Å². The van der Waals surface area contributed by atoms with E-state index in [0.29, 0.717) is 33.3 Å². The number of hydrogen-bond donors (Lipinski definition) is 3. The van der Waals surface area contributed by atoms with Gasteiger partial charge in [0.05, 0.1) is 32.4 Å². The predicted molar refractivity (Wildman–Crippen MR) is 145 cm³/mol. The number of rotatable bonds is 9. The van der Waals surface area contributed by atoms with Crippen LogP contribution in [-0.2, 0) is 17.8 Å². The number of nitrogens with zero attached hydrogens (tertiary/aromatic N) is 2. The zero-order chi connectivity index (χ0) is 27.2. The number of benzene rings is 2. The van der Waals surface area contributed by atoms with Crippen LogP contribution in [0.15, 0.2) is 42.5 Å². The zero-order valence-electron chi connectivity index (χ0n) is 21.8. The summed E-state index contributed by atoms with van der Waals surface area (Å²) in [7, 11) is 6.60. The van der Waals surface area contributed by atoms with Crippen LogP contribution in [0.5, 0.6) is 11.5 Å². The Labute approximate surface area is 225 Å². The summed E-state index contributed by atoms with van der Waals surface area (Å²) < 4.78 is 10.5. The standard InChI is InChI=1S/C27H31N5O5S/c1-28-24(33)14-20(29-25(34)18-8-9-21(36-3)22(13-18)37-4)16-6-5-7-17(12-16)26(35)31-27-30-19-10-11-32(2)15-23(19)38-27/h5-9,12-13,20H,10-11,14-15H2,1-4H3,(H,28,33)(H,29,34)(H,30,31,35)/t20-/m1/s1. The molecule has 2 heterocycles. The lowest BCUT2D eigenvalue weighted by atomic mass is 10.00. The third kappa shape index (κ3) is 6.29. The molecule has 3 amide bonds. The largest absolute Gasteiger partial charge is 0.493 e. The molecule has 0 radical (unpaired) electrons. The van der Waals surface area contributed by atoms with Crippen molar-refractivity contribution in [2.45, 2.75) is 25.4 Å². The zero-order valence-corrected chi connectivity index (χ0v) is 22.6. The van der Waals surface area contributed by atoms with Gasteiger partial charge < -0.3 is 25.0 Å². The number of nitrogens with one attached hydrogen (secondary N) is 3.